The molecule has 1 fully saturated rings. The highest BCUT2D eigenvalue weighted by Crippen LogP contribution is 2.36. The van der Waals surface area contributed by atoms with Crippen molar-refractivity contribution in [2.45, 2.75) is 46.0 Å². The average Bonchev–Trinajstić information content (AvgIpc) is 2.89. The molecule has 4 heteroatoms. The van der Waals surface area contributed by atoms with Gasteiger partial charge in [0.2, 0.25) is 0 Å². The Labute approximate surface area is 130 Å². The third-order valence-electron chi connectivity index (χ3n) is 4.40. The number of nitrogens with zero attached hydrogens (tertiary/aromatic N) is 1. The van der Waals surface area contributed by atoms with Gasteiger partial charge in [0, 0.05) is 6.54 Å². The van der Waals surface area contributed by atoms with Crippen molar-refractivity contribution < 1.29 is 4.74 Å². The molecule has 0 unspecified atom stereocenters. The van der Waals surface area contributed by atoms with Crippen LogP contribution in [0, 0.1) is 5.41 Å². The molecule has 0 saturated heterocycles. The number of rotatable bonds is 5. The van der Waals surface area contributed by atoms with Crippen LogP contribution >= 0.6 is 11.3 Å². The largest absolute Gasteiger partial charge is 0.494 e. The van der Waals surface area contributed by atoms with E-state index in [1.807, 2.05) is 19.1 Å². The minimum absolute atomic E-state index is 0.437. The van der Waals surface area contributed by atoms with Crippen LogP contribution in [0.1, 0.15) is 46.0 Å². The van der Waals surface area contributed by atoms with Gasteiger partial charge in [-0.05, 0) is 43.4 Å². The highest BCUT2D eigenvalue weighted by molar-refractivity contribution is 7.22. The summed E-state index contributed by atoms with van der Waals surface area (Å²) in [5.41, 5.74) is 1.49. The highest BCUT2D eigenvalue weighted by atomic mass is 32.1. The minimum Gasteiger partial charge on any atom is -0.494 e. The first-order chi connectivity index (χ1) is 10.2. The number of thiazole rings is 1. The molecule has 0 amide bonds. The van der Waals surface area contributed by atoms with E-state index in [2.05, 4.69) is 23.3 Å². The van der Waals surface area contributed by atoms with Crippen LogP contribution in [0.15, 0.2) is 18.2 Å². The van der Waals surface area contributed by atoms with Crippen molar-refractivity contribution in [2.75, 3.05) is 18.5 Å². The SMILES string of the molecule is CCOc1ccc2nc(NCC3(C)CCCCC3)sc2c1. The standard InChI is InChI=1S/C17H24N2OS/c1-3-20-13-7-8-14-15(11-13)21-16(19-14)18-12-17(2)9-5-4-6-10-17/h7-8,11H,3-6,9-10,12H2,1-2H3,(H,18,19). The Bertz CT molecular complexity index is 602. The van der Waals surface area contributed by atoms with Gasteiger partial charge in [-0.1, -0.05) is 37.5 Å². The number of nitrogens with one attached hydrogen (secondary N) is 1. The van der Waals surface area contributed by atoms with E-state index >= 15 is 0 Å². The molecule has 1 aliphatic carbocycles. The Morgan fingerprint density at radius 3 is 2.86 bits per heavy atom. The van der Waals surface area contributed by atoms with Gasteiger partial charge in [-0.25, -0.2) is 4.98 Å². The molecule has 0 atom stereocenters. The molecule has 114 valence electrons. The van der Waals surface area contributed by atoms with Crippen molar-refractivity contribution in [3.05, 3.63) is 18.2 Å². The third-order valence-corrected chi connectivity index (χ3v) is 5.37. The number of hydrogen-bond donors (Lipinski definition) is 1. The van der Waals surface area contributed by atoms with Crippen molar-refractivity contribution in [1.29, 1.82) is 0 Å². The van der Waals surface area contributed by atoms with E-state index in [9.17, 15) is 0 Å². The number of hydrogen-bond acceptors (Lipinski definition) is 4. The lowest BCUT2D eigenvalue weighted by atomic mass is 9.76. The summed E-state index contributed by atoms with van der Waals surface area (Å²) in [6.07, 6.45) is 6.81. The van der Waals surface area contributed by atoms with E-state index in [1.165, 1.54) is 36.8 Å². The summed E-state index contributed by atoms with van der Waals surface area (Å²) < 4.78 is 6.74. The van der Waals surface area contributed by atoms with E-state index in [-0.39, 0.29) is 0 Å². The molecular weight excluding hydrogens is 280 g/mol. The Morgan fingerprint density at radius 1 is 1.29 bits per heavy atom. The molecule has 21 heavy (non-hydrogen) atoms. The van der Waals surface area contributed by atoms with Gasteiger partial charge in [-0.3, -0.25) is 0 Å². The van der Waals surface area contributed by atoms with E-state index in [1.54, 1.807) is 11.3 Å². The molecule has 0 aliphatic heterocycles. The predicted octanol–water partition coefficient (Wildman–Crippen LogP) is 5.08. The zero-order chi connectivity index (χ0) is 14.7. The third kappa shape index (κ3) is 3.49. The molecule has 1 heterocycles. The molecule has 1 aromatic heterocycles. The Hall–Kier alpha value is -1.29. The van der Waals surface area contributed by atoms with Gasteiger partial charge in [-0.15, -0.1) is 0 Å². The molecule has 1 aliphatic rings. The second-order valence-electron chi connectivity index (χ2n) is 6.31. The molecule has 3 nitrogen and oxygen atoms in total. The smallest absolute Gasteiger partial charge is 0.183 e. The molecule has 2 aromatic rings. The lowest BCUT2D eigenvalue weighted by Gasteiger charge is -2.33. The van der Waals surface area contributed by atoms with Crippen molar-refractivity contribution in [2.24, 2.45) is 5.41 Å². The number of anilines is 1. The molecule has 0 spiro atoms. The monoisotopic (exact) mass is 304 g/mol. The maximum Gasteiger partial charge on any atom is 0.183 e. The van der Waals surface area contributed by atoms with Crippen LogP contribution < -0.4 is 10.1 Å². The first-order valence-corrected chi connectivity index (χ1v) is 8.77. The van der Waals surface area contributed by atoms with Crippen molar-refractivity contribution >= 4 is 26.7 Å². The second kappa shape index (κ2) is 6.22. The first-order valence-electron chi connectivity index (χ1n) is 7.96. The Kier molecular flexibility index (Phi) is 4.34. The lowest BCUT2D eigenvalue weighted by Crippen LogP contribution is -2.28. The summed E-state index contributed by atoms with van der Waals surface area (Å²) in [5, 5.41) is 4.60. The number of fused-ring (bicyclic) bond motifs is 1. The summed E-state index contributed by atoms with van der Waals surface area (Å²) in [4.78, 5) is 4.68. The van der Waals surface area contributed by atoms with Crippen LogP contribution in [0.25, 0.3) is 10.2 Å². The fraction of sp³-hybridized carbons (Fsp3) is 0.588. The van der Waals surface area contributed by atoms with Gasteiger partial charge in [0.05, 0.1) is 16.8 Å². The van der Waals surface area contributed by atoms with Gasteiger partial charge in [-0.2, -0.15) is 0 Å². The molecule has 1 saturated carbocycles. The average molecular weight is 304 g/mol. The summed E-state index contributed by atoms with van der Waals surface area (Å²) in [6, 6.07) is 6.13. The Morgan fingerprint density at radius 2 is 2.10 bits per heavy atom. The Balaban J connectivity index is 1.69. The first kappa shape index (κ1) is 14.6. The second-order valence-corrected chi connectivity index (χ2v) is 7.34. The lowest BCUT2D eigenvalue weighted by molar-refractivity contribution is 0.233. The van der Waals surface area contributed by atoms with Crippen LogP contribution in [-0.4, -0.2) is 18.1 Å². The van der Waals surface area contributed by atoms with Crippen LogP contribution in [0.3, 0.4) is 0 Å². The quantitative estimate of drug-likeness (QED) is 0.836. The van der Waals surface area contributed by atoms with Gasteiger partial charge in [0.25, 0.3) is 0 Å². The topological polar surface area (TPSA) is 34.1 Å². The number of aromatic nitrogens is 1. The summed E-state index contributed by atoms with van der Waals surface area (Å²) >= 11 is 1.72. The summed E-state index contributed by atoms with van der Waals surface area (Å²) in [5.74, 6) is 0.930. The van der Waals surface area contributed by atoms with Gasteiger partial charge in [0.15, 0.2) is 5.13 Å². The highest BCUT2D eigenvalue weighted by Gasteiger charge is 2.26. The van der Waals surface area contributed by atoms with Crippen molar-refractivity contribution in [3.63, 3.8) is 0 Å². The van der Waals surface area contributed by atoms with E-state index in [0.29, 0.717) is 12.0 Å². The number of ether oxygens (including phenoxy) is 1. The minimum atomic E-state index is 0.437. The van der Waals surface area contributed by atoms with Gasteiger partial charge in [0.1, 0.15) is 5.75 Å². The van der Waals surface area contributed by atoms with Gasteiger partial charge >= 0.3 is 0 Å². The van der Waals surface area contributed by atoms with Crippen LogP contribution in [0.2, 0.25) is 0 Å². The van der Waals surface area contributed by atoms with Gasteiger partial charge < -0.3 is 10.1 Å². The normalized spacial score (nSPS) is 17.8. The molecule has 0 bridgehead atoms. The predicted molar refractivity (Wildman–Crippen MR) is 90.5 cm³/mol. The summed E-state index contributed by atoms with van der Waals surface area (Å²) in [7, 11) is 0. The van der Waals surface area contributed by atoms with E-state index in [4.69, 9.17) is 4.74 Å². The summed E-state index contributed by atoms with van der Waals surface area (Å²) in [6.45, 7) is 6.15. The molecule has 0 radical (unpaired) electrons. The fourth-order valence-corrected chi connectivity index (χ4v) is 4.00. The molecule has 3 rings (SSSR count). The van der Waals surface area contributed by atoms with Crippen LogP contribution in [-0.2, 0) is 0 Å². The van der Waals surface area contributed by atoms with Crippen LogP contribution in [0.4, 0.5) is 5.13 Å². The van der Waals surface area contributed by atoms with Crippen LogP contribution in [0.5, 0.6) is 5.75 Å². The zero-order valence-electron chi connectivity index (χ0n) is 12.9. The zero-order valence-corrected chi connectivity index (χ0v) is 13.8. The molecule has 1 aromatic carbocycles. The van der Waals surface area contributed by atoms with Crippen molar-refractivity contribution in [3.8, 4) is 5.75 Å². The molecular formula is C17H24N2OS. The van der Waals surface area contributed by atoms with E-state index in [0.717, 1.165) is 22.9 Å². The maximum absolute atomic E-state index is 5.55. The maximum atomic E-state index is 5.55. The van der Waals surface area contributed by atoms with E-state index < -0.39 is 0 Å². The molecule has 1 N–H and O–H groups in total. The van der Waals surface area contributed by atoms with Crippen molar-refractivity contribution in [1.82, 2.24) is 4.98 Å². The fourth-order valence-electron chi connectivity index (χ4n) is 3.11. The number of benzene rings is 1.